The van der Waals surface area contributed by atoms with E-state index in [4.69, 9.17) is 5.73 Å². The lowest BCUT2D eigenvalue weighted by atomic mass is 10.1. The Labute approximate surface area is 129 Å². The predicted octanol–water partition coefficient (Wildman–Crippen LogP) is 1.59. The zero-order chi connectivity index (χ0) is 15.7. The topological polar surface area (TPSA) is 102 Å². The molecule has 0 saturated carbocycles. The van der Waals surface area contributed by atoms with E-state index in [2.05, 4.69) is 40.2 Å². The summed E-state index contributed by atoms with van der Waals surface area (Å²) in [6.07, 6.45) is 6.75. The molecule has 0 bridgehead atoms. The highest BCUT2D eigenvalue weighted by atomic mass is 16.3. The van der Waals surface area contributed by atoms with Gasteiger partial charge in [-0.05, 0) is 12.3 Å². The summed E-state index contributed by atoms with van der Waals surface area (Å²) in [4.78, 5) is 13.1. The highest BCUT2D eigenvalue weighted by molar-refractivity contribution is 5.84. The van der Waals surface area contributed by atoms with Crippen LogP contribution in [-0.4, -0.2) is 37.8 Å². The second-order valence-corrected chi connectivity index (χ2v) is 6.16. The fraction of sp³-hybridized carbons (Fsp3) is 0.533. The van der Waals surface area contributed by atoms with Crippen molar-refractivity contribution < 1.29 is 5.11 Å². The molecule has 0 saturated heterocycles. The Morgan fingerprint density at radius 1 is 1.41 bits per heavy atom. The maximum atomic E-state index is 9.27. The molecule has 7 heteroatoms. The molecule has 7 nitrogen and oxygen atoms in total. The molecule has 22 heavy (non-hydrogen) atoms. The first kappa shape index (κ1) is 14.8. The van der Waals surface area contributed by atoms with Gasteiger partial charge < -0.3 is 20.7 Å². The third-order valence-electron chi connectivity index (χ3n) is 3.86. The molecule has 0 amide bonds. The van der Waals surface area contributed by atoms with Gasteiger partial charge in [0.05, 0.1) is 12.4 Å². The molecular weight excluding hydrogens is 280 g/mol. The van der Waals surface area contributed by atoms with Crippen LogP contribution >= 0.6 is 0 Å². The molecule has 0 spiro atoms. The minimum absolute atomic E-state index is 0.148. The number of nitrogens with two attached hydrogens (primary N) is 1. The number of aromatic nitrogens is 4. The van der Waals surface area contributed by atoms with Crippen LogP contribution in [0.1, 0.15) is 26.3 Å². The second-order valence-electron chi connectivity index (χ2n) is 6.16. The van der Waals surface area contributed by atoms with Crippen LogP contribution in [0.2, 0.25) is 0 Å². The molecule has 0 radical (unpaired) electrons. The van der Waals surface area contributed by atoms with E-state index in [-0.39, 0.29) is 24.5 Å². The number of hydrogen-bond donors (Lipinski definition) is 3. The van der Waals surface area contributed by atoms with Crippen LogP contribution in [0.3, 0.4) is 0 Å². The maximum absolute atomic E-state index is 9.27. The lowest BCUT2D eigenvalue weighted by Crippen LogP contribution is -2.12. The van der Waals surface area contributed by atoms with E-state index >= 15 is 0 Å². The van der Waals surface area contributed by atoms with Gasteiger partial charge in [0.2, 0.25) is 5.95 Å². The first-order valence-electron chi connectivity index (χ1n) is 7.61. The van der Waals surface area contributed by atoms with E-state index in [1.54, 1.807) is 6.33 Å². The van der Waals surface area contributed by atoms with Crippen molar-refractivity contribution in [3.63, 3.8) is 0 Å². The van der Waals surface area contributed by atoms with Crippen molar-refractivity contribution in [3.05, 3.63) is 18.5 Å². The summed E-state index contributed by atoms with van der Waals surface area (Å²) in [5, 5.41) is 12.6. The summed E-state index contributed by atoms with van der Waals surface area (Å²) in [6, 6.07) is 0.148. The molecule has 1 aliphatic rings. The zero-order valence-electron chi connectivity index (χ0n) is 12.9. The van der Waals surface area contributed by atoms with Gasteiger partial charge >= 0.3 is 0 Å². The van der Waals surface area contributed by atoms with Crippen LogP contribution in [0, 0.1) is 11.8 Å². The van der Waals surface area contributed by atoms with E-state index < -0.39 is 0 Å². The molecule has 2 heterocycles. The fourth-order valence-corrected chi connectivity index (χ4v) is 2.69. The average molecular weight is 302 g/mol. The van der Waals surface area contributed by atoms with Crippen LogP contribution in [-0.2, 0) is 0 Å². The smallest absolute Gasteiger partial charge is 0.224 e. The number of rotatable bonds is 5. The Bertz CT molecular complexity index is 693. The number of aliphatic hydroxyl groups is 1. The first-order chi connectivity index (χ1) is 10.6. The number of aliphatic hydroxyl groups excluding tert-OH is 1. The average Bonchev–Trinajstić information content (AvgIpc) is 3.10. The van der Waals surface area contributed by atoms with Crippen molar-refractivity contribution in [2.24, 2.45) is 11.8 Å². The first-order valence-corrected chi connectivity index (χ1v) is 7.61. The van der Waals surface area contributed by atoms with Crippen molar-refractivity contribution in [1.29, 1.82) is 0 Å². The van der Waals surface area contributed by atoms with Gasteiger partial charge in [-0.15, -0.1) is 0 Å². The van der Waals surface area contributed by atoms with Crippen molar-refractivity contribution in [3.8, 4) is 0 Å². The van der Waals surface area contributed by atoms with Gasteiger partial charge in [0, 0.05) is 19.1 Å². The minimum Gasteiger partial charge on any atom is -0.396 e. The number of anilines is 2. The van der Waals surface area contributed by atoms with Crippen molar-refractivity contribution in [1.82, 2.24) is 19.5 Å². The molecule has 0 unspecified atom stereocenters. The quantitative estimate of drug-likeness (QED) is 0.725. The highest BCUT2D eigenvalue weighted by Gasteiger charge is 2.23. The summed E-state index contributed by atoms with van der Waals surface area (Å²) < 4.78 is 2.00. The Balaban J connectivity index is 1.95. The van der Waals surface area contributed by atoms with Gasteiger partial charge in [-0.2, -0.15) is 9.97 Å². The van der Waals surface area contributed by atoms with Gasteiger partial charge in [-0.1, -0.05) is 26.0 Å². The molecule has 2 atom stereocenters. The second kappa shape index (κ2) is 5.92. The fourth-order valence-electron chi connectivity index (χ4n) is 2.69. The Morgan fingerprint density at radius 2 is 2.23 bits per heavy atom. The van der Waals surface area contributed by atoms with Crippen LogP contribution in [0.25, 0.3) is 11.2 Å². The molecule has 0 aliphatic heterocycles. The number of fused-ring (bicyclic) bond motifs is 1. The lowest BCUT2D eigenvalue weighted by Gasteiger charge is -2.13. The normalized spacial score (nSPS) is 21.1. The Kier molecular flexibility index (Phi) is 3.98. The number of hydrogen-bond acceptors (Lipinski definition) is 6. The minimum atomic E-state index is 0.148. The largest absolute Gasteiger partial charge is 0.396 e. The third-order valence-corrected chi connectivity index (χ3v) is 3.86. The van der Waals surface area contributed by atoms with Crippen LogP contribution < -0.4 is 11.1 Å². The third kappa shape index (κ3) is 2.76. The van der Waals surface area contributed by atoms with Gasteiger partial charge in [0.25, 0.3) is 0 Å². The summed E-state index contributed by atoms with van der Waals surface area (Å²) in [7, 11) is 0. The monoisotopic (exact) mass is 302 g/mol. The van der Waals surface area contributed by atoms with E-state index in [1.807, 2.05) is 10.6 Å². The van der Waals surface area contributed by atoms with Gasteiger partial charge in [0.1, 0.15) is 0 Å². The molecule has 4 N–H and O–H groups in total. The number of nitrogens with one attached hydrogen (secondary N) is 1. The van der Waals surface area contributed by atoms with E-state index in [1.165, 1.54) is 0 Å². The predicted molar refractivity (Wildman–Crippen MR) is 86.4 cm³/mol. The van der Waals surface area contributed by atoms with Gasteiger partial charge in [-0.3, -0.25) is 0 Å². The number of nitrogens with zero attached hydrogens (tertiary/aromatic N) is 4. The van der Waals surface area contributed by atoms with Crippen molar-refractivity contribution in [2.45, 2.75) is 26.3 Å². The number of allylic oxidation sites excluding steroid dienone is 1. The van der Waals surface area contributed by atoms with E-state index in [0.717, 1.165) is 24.1 Å². The molecule has 2 aromatic rings. The molecule has 3 rings (SSSR count). The van der Waals surface area contributed by atoms with Crippen molar-refractivity contribution >= 4 is 22.9 Å². The number of imidazole rings is 1. The molecule has 0 aromatic carbocycles. The standard InChI is InChI=1S/C15H22N6O/c1-9(2)6-17-13-12-14(20-15(16)19-13)21(8-18-12)11-4-3-10(5-11)7-22/h3-4,8-11,22H,5-7H2,1-2H3,(H3,16,17,19,20)/t10-,11+/m1/s1. The van der Waals surface area contributed by atoms with Gasteiger partial charge in [0.15, 0.2) is 17.0 Å². The van der Waals surface area contributed by atoms with Crippen molar-refractivity contribution in [2.75, 3.05) is 24.2 Å². The zero-order valence-corrected chi connectivity index (χ0v) is 12.9. The molecule has 118 valence electrons. The number of nitrogen functional groups attached to an aromatic ring is 1. The van der Waals surface area contributed by atoms with Crippen LogP contribution in [0.15, 0.2) is 18.5 Å². The Morgan fingerprint density at radius 3 is 2.91 bits per heavy atom. The molecule has 0 fully saturated rings. The molecule has 1 aliphatic carbocycles. The molecule has 2 aromatic heterocycles. The molecular formula is C15H22N6O. The lowest BCUT2D eigenvalue weighted by molar-refractivity contribution is 0.244. The summed E-state index contributed by atoms with van der Waals surface area (Å²) in [5.74, 6) is 1.60. The van der Waals surface area contributed by atoms with E-state index in [0.29, 0.717) is 11.7 Å². The van der Waals surface area contributed by atoms with Gasteiger partial charge in [-0.25, -0.2) is 4.98 Å². The summed E-state index contributed by atoms with van der Waals surface area (Å²) in [5.41, 5.74) is 7.31. The highest BCUT2D eigenvalue weighted by Crippen LogP contribution is 2.31. The Hall–Kier alpha value is -2.15. The van der Waals surface area contributed by atoms with Crippen LogP contribution in [0.5, 0.6) is 0 Å². The van der Waals surface area contributed by atoms with E-state index in [9.17, 15) is 5.11 Å². The maximum Gasteiger partial charge on any atom is 0.224 e. The summed E-state index contributed by atoms with van der Waals surface area (Å²) in [6.45, 7) is 5.23. The SMILES string of the molecule is CC(C)CNc1nc(N)nc2c1ncn2[C@H]1C=C[C@@H](CO)C1. The van der Waals surface area contributed by atoms with Crippen LogP contribution in [0.4, 0.5) is 11.8 Å². The summed E-state index contributed by atoms with van der Waals surface area (Å²) >= 11 is 0.